The third kappa shape index (κ3) is 2.32. The molecule has 0 atom stereocenters. The molecule has 4 heteroatoms. The minimum atomic E-state index is 0.159. The summed E-state index contributed by atoms with van der Waals surface area (Å²) < 4.78 is 2.46. The van der Waals surface area contributed by atoms with E-state index in [-0.39, 0.29) is 5.78 Å². The molecule has 2 heterocycles. The molecule has 0 saturated carbocycles. The van der Waals surface area contributed by atoms with Crippen molar-refractivity contribution in [1.82, 2.24) is 9.47 Å². The Morgan fingerprint density at radius 3 is 2.83 bits per heavy atom. The van der Waals surface area contributed by atoms with E-state index in [1.165, 1.54) is 16.8 Å². The molecule has 1 aromatic carbocycles. The molecule has 126 valence electrons. The van der Waals surface area contributed by atoms with E-state index in [4.69, 9.17) is 0 Å². The number of likely N-dealkylation sites (N-methyl/N-ethyl adjacent to an activating group) is 1. The molecule has 0 radical (unpaired) electrons. The van der Waals surface area contributed by atoms with Crippen LogP contribution in [-0.4, -0.2) is 47.1 Å². The molecular weight excluding hydrogens is 298 g/mol. The topological polar surface area (TPSA) is 37.6 Å². The second-order valence-electron chi connectivity index (χ2n) is 6.74. The highest BCUT2D eigenvalue weighted by atomic mass is 16.1. The number of carbonyl (C=O) groups is 1. The van der Waals surface area contributed by atoms with Crippen molar-refractivity contribution in [1.29, 1.82) is 0 Å². The van der Waals surface area contributed by atoms with Gasteiger partial charge in [0, 0.05) is 46.5 Å². The normalized spacial score (nSPS) is 16.6. The van der Waals surface area contributed by atoms with Crippen LogP contribution >= 0.6 is 0 Å². The Morgan fingerprint density at radius 2 is 2.04 bits per heavy atom. The predicted molar refractivity (Wildman–Crippen MR) is 98.4 cm³/mol. The third-order valence-electron chi connectivity index (χ3n) is 5.56. The van der Waals surface area contributed by atoms with E-state index < -0.39 is 0 Å². The highest BCUT2D eigenvalue weighted by Crippen LogP contribution is 2.36. The molecule has 0 bridgehead atoms. The van der Waals surface area contributed by atoms with Crippen LogP contribution in [0.25, 0.3) is 10.9 Å². The van der Waals surface area contributed by atoms with Crippen LogP contribution in [0.4, 0.5) is 0 Å². The van der Waals surface area contributed by atoms with Crippen molar-refractivity contribution < 1.29 is 4.79 Å². The standard InChI is InChI=1S/C20H25N3O/c1-3-22(4-2)11-12-23-16-9-5-7-14-18(24)13-21-15-8-6-10-17(23)20(15)19(14)16/h5,7,9H,3-4,6,8,10-13H2,1-2H3. The van der Waals surface area contributed by atoms with Gasteiger partial charge < -0.3 is 9.47 Å². The largest absolute Gasteiger partial charge is 0.343 e. The van der Waals surface area contributed by atoms with Crippen molar-refractivity contribution in [3.63, 3.8) is 0 Å². The van der Waals surface area contributed by atoms with Gasteiger partial charge in [0.2, 0.25) is 0 Å². The molecule has 2 aliphatic rings. The van der Waals surface area contributed by atoms with Gasteiger partial charge in [0.25, 0.3) is 0 Å². The van der Waals surface area contributed by atoms with E-state index in [0.29, 0.717) is 6.54 Å². The average molecular weight is 323 g/mol. The molecule has 1 aliphatic carbocycles. The van der Waals surface area contributed by atoms with E-state index in [9.17, 15) is 4.79 Å². The minimum absolute atomic E-state index is 0.159. The van der Waals surface area contributed by atoms with Gasteiger partial charge in [-0.05, 0) is 38.4 Å². The molecule has 1 aromatic heterocycles. The maximum absolute atomic E-state index is 12.5. The van der Waals surface area contributed by atoms with Crippen LogP contribution in [0.3, 0.4) is 0 Å². The smallest absolute Gasteiger partial charge is 0.184 e. The number of ketones is 1. The van der Waals surface area contributed by atoms with Gasteiger partial charge in [-0.25, -0.2) is 0 Å². The lowest BCUT2D eigenvalue weighted by molar-refractivity contribution is 0.100. The molecule has 0 unspecified atom stereocenters. The van der Waals surface area contributed by atoms with Gasteiger partial charge in [-0.15, -0.1) is 0 Å². The molecule has 0 spiro atoms. The summed E-state index contributed by atoms with van der Waals surface area (Å²) in [6.07, 6.45) is 3.23. The summed E-state index contributed by atoms with van der Waals surface area (Å²) in [6, 6.07) is 6.18. The Morgan fingerprint density at radius 1 is 1.21 bits per heavy atom. The van der Waals surface area contributed by atoms with Crippen molar-refractivity contribution in [3.8, 4) is 0 Å². The summed E-state index contributed by atoms with van der Waals surface area (Å²) in [5.41, 5.74) is 5.91. The highest BCUT2D eigenvalue weighted by Gasteiger charge is 2.29. The Balaban J connectivity index is 1.89. The fourth-order valence-electron chi connectivity index (χ4n) is 4.25. The number of Topliss-reactive ketones (excluding diaryl/α,β-unsaturated/α-hetero) is 1. The first kappa shape index (κ1) is 15.6. The van der Waals surface area contributed by atoms with Crippen LogP contribution in [0.2, 0.25) is 0 Å². The lowest BCUT2D eigenvalue weighted by Crippen LogP contribution is -2.28. The van der Waals surface area contributed by atoms with Gasteiger partial charge >= 0.3 is 0 Å². The van der Waals surface area contributed by atoms with Crippen molar-refractivity contribution in [2.24, 2.45) is 4.99 Å². The molecule has 0 N–H and O–H groups in total. The monoisotopic (exact) mass is 323 g/mol. The van der Waals surface area contributed by atoms with E-state index in [1.54, 1.807) is 0 Å². The second kappa shape index (κ2) is 6.17. The van der Waals surface area contributed by atoms with Crippen LogP contribution in [0, 0.1) is 0 Å². The molecule has 2 aromatic rings. The molecule has 0 amide bonds. The first-order valence-electron chi connectivity index (χ1n) is 9.17. The van der Waals surface area contributed by atoms with Gasteiger partial charge in [0.1, 0.15) is 6.54 Å². The predicted octanol–water partition coefficient (Wildman–Crippen LogP) is 3.30. The SMILES string of the molecule is CCN(CC)CCn1c2c3c4c(cccc41)C(=O)CN=C3CCC2. The fraction of sp³-hybridized carbons (Fsp3) is 0.500. The van der Waals surface area contributed by atoms with E-state index in [0.717, 1.165) is 62.1 Å². The van der Waals surface area contributed by atoms with E-state index >= 15 is 0 Å². The first-order chi connectivity index (χ1) is 11.7. The second-order valence-corrected chi connectivity index (χ2v) is 6.74. The Bertz CT molecular complexity index is 827. The first-order valence-corrected chi connectivity index (χ1v) is 9.17. The molecule has 0 fully saturated rings. The molecule has 1 aliphatic heterocycles. The number of hydrogen-bond donors (Lipinski definition) is 0. The number of rotatable bonds is 5. The summed E-state index contributed by atoms with van der Waals surface area (Å²) in [7, 11) is 0. The van der Waals surface area contributed by atoms with Crippen molar-refractivity contribution >= 4 is 22.4 Å². The summed E-state index contributed by atoms with van der Waals surface area (Å²) in [6.45, 7) is 8.93. The molecule has 4 nitrogen and oxygen atoms in total. The quantitative estimate of drug-likeness (QED) is 0.846. The van der Waals surface area contributed by atoms with Crippen LogP contribution in [0.1, 0.15) is 48.3 Å². The number of aliphatic imine (C=N–C) groups is 1. The summed E-state index contributed by atoms with van der Waals surface area (Å²) in [5, 5.41) is 1.16. The molecule has 24 heavy (non-hydrogen) atoms. The Kier molecular flexibility index (Phi) is 4.01. The van der Waals surface area contributed by atoms with Gasteiger partial charge in [-0.2, -0.15) is 0 Å². The number of nitrogens with zero attached hydrogens (tertiary/aromatic N) is 3. The molecular formula is C20H25N3O. The van der Waals surface area contributed by atoms with Crippen molar-refractivity contribution in [2.45, 2.75) is 39.7 Å². The lowest BCUT2D eigenvalue weighted by atomic mass is 9.92. The molecule has 4 rings (SSSR count). The van der Waals surface area contributed by atoms with Crippen LogP contribution in [0.15, 0.2) is 23.2 Å². The van der Waals surface area contributed by atoms with Gasteiger partial charge in [-0.1, -0.05) is 26.0 Å². The Hall–Kier alpha value is -1.94. The maximum atomic E-state index is 12.5. The number of benzene rings is 1. The summed E-state index contributed by atoms with van der Waals surface area (Å²) in [5.74, 6) is 0.159. The fourth-order valence-corrected chi connectivity index (χ4v) is 4.25. The zero-order valence-electron chi connectivity index (χ0n) is 14.6. The third-order valence-corrected chi connectivity index (χ3v) is 5.56. The van der Waals surface area contributed by atoms with Crippen LogP contribution in [-0.2, 0) is 13.0 Å². The van der Waals surface area contributed by atoms with Crippen LogP contribution < -0.4 is 0 Å². The zero-order valence-corrected chi connectivity index (χ0v) is 14.6. The van der Waals surface area contributed by atoms with Gasteiger partial charge in [0.05, 0.1) is 0 Å². The number of aromatic nitrogens is 1. The highest BCUT2D eigenvalue weighted by molar-refractivity contribution is 6.22. The van der Waals surface area contributed by atoms with E-state index in [1.807, 2.05) is 12.1 Å². The number of hydrogen-bond acceptors (Lipinski definition) is 3. The lowest BCUT2D eigenvalue weighted by Gasteiger charge is -2.21. The van der Waals surface area contributed by atoms with Gasteiger partial charge in [-0.3, -0.25) is 9.79 Å². The molecule has 0 saturated heterocycles. The van der Waals surface area contributed by atoms with E-state index in [2.05, 4.69) is 34.4 Å². The van der Waals surface area contributed by atoms with Crippen molar-refractivity contribution in [3.05, 3.63) is 35.0 Å². The van der Waals surface area contributed by atoms with Gasteiger partial charge in [0.15, 0.2) is 5.78 Å². The summed E-state index contributed by atoms with van der Waals surface area (Å²) in [4.78, 5) is 19.6. The Labute approximate surface area is 143 Å². The minimum Gasteiger partial charge on any atom is -0.343 e. The zero-order chi connectivity index (χ0) is 16.7. The summed E-state index contributed by atoms with van der Waals surface area (Å²) >= 11 is 0. The average Bonchev–Trinajstić information content (AvgIpc) is 2.86. The maximum Gasteiger partial charge on any atom is 0.184 e. The van der Waals surface area contributed by atoms with Crippen molar-refractivity contribution in [2.75, 3.05) is 26.2 Å². The number of carbonyl (C=O) groups excluding carboxylic acids is 1. The van der Waals surface area contributed by atoms with Crippen LogP contribution in [0.5, 0.6) is 0 Å².